The fourth-order valence-corrected chi connectivity index (χ4v) is 1.98. The van der Waals surface area contributed by atoms with Crippen LogP contribution in [-0.2, 0) is 12.7 Å². The summed E-state index contributed by atoms with van der Waals surface area (Å²) in [6, 6.07) is 5.93. The van der Waals surface area contributed by atoms with Crippen molar-refractivity contribution in [2.75, 3.05) is 14.1 Å². The molecule has 0 amide bonds. The van der Waals surface area contributed by atoms with Gasteiger partial charge in [0.05, 0.1) is 5.56 Å². The Bertz CT molecular complexity index is 570. The maximum atomic E-state index is 12.6. The quantitative estimate of drug-likeness (QED) is 0.827. The minimum absolute atomic E-state index is 0.317. The van der Waals surface area contributed by atoms with Gasteiger partial charge in [-0.1, -0.05) is 0 Å². The van der Waals surface area contributed by atoms with Crippen molar-refractivity contribution in [1.82, 2.24) is 9.47 Å². The molecule has 104 valence electrons. The van der Waals surface area contributed by atoms with Gasteiger partial charge in [-0.2, -0.15) is 13.2 Å². The Morgan fingerprint density at radius 3 is 2.47 bits per heavy atom. The highest BCUT2D eigenvalue weighted by Gasteiger charge is 2.30. The molecule has 0 fully saturated rings. The highest BCUT2D eigenvalue weighted by molar-refractivity contribution is 5.81. The fraction of sp³-hybridized carbons (Fsp3) is 0.429. The summed E-state index contributed by atoms with van der Waals surface area (Å²) >= 11 is 0. The molecule has 0 bridgehead atoms. The molecular formula is C14H17F3N2. The SMILES string of the molecule is C[C@@H](Cn1ccc2cc(C(F)(F)F)ccc21)N(C)C. The van der Waals surface area contributed by atoms with Gasteiger partial charge in [0.25, 0.3) is 0 Å². The van der Waals surface area contributed by atoms with Crippen LogP contribution in [0.2, 0.25) is 0 Å². The number of alkyl halides is 3. The van der Waals surface area contributed by atoms with E-state index in [0.717, 1.165) is 18.1 Å². The first-order chi connectivity index (χ1) is 8.79. The summed E-state index contributed by atoms with van der Waals surface area (Å²) in [6.45, 7) is 2.83. The van der Waals surface area contributed by atoms with Gasteiger partial charge in [0.1, 0.15) is 0 Å². The number of hydrogen-bond acceptors (Lipinski definition) is 1. The first kappa shape index (κ1) is 13.9. The first-order valence-corrected chi connectivity index (χ1v) is 6.11. The van der Waals surface area contributed by atoms with Gasteiger partial charge in [-0.25, -0.2) is 0 Å². The number of likely N-dealkylation sites (N-methyl/N-ethyl adjacent to an activating group) is 1. The van der Waals surface area contributed by atoms with Gasteiger partial charge in [-0.05, 0) is 45.3 Å². The average Bonchev–Trinajstić information content (AvgIpc) is 2.70. The third-order valence-corrected chi connectivity index (χ3v) is 3.44. The summed E-state index contributed by atoms with van der Waals surface area (Å²) in [5.74, 6) is 0. The minimum Gasteiger partial charge on any atom is -0.346 e. The Morgan fingerprint density at radius 2 is 1.89 bits per heavy atom. The van der Waals surface area contributed by atoms with Crippen LogP contribution in [0.3, 0.4) is 0 Å². The van der Waals surface area contributed by atoms with Crippen molar-refractivity contribution in [3.8, 4) is 0 Å². The summed E-state index contributed by atoms with van der Waals surface area (Å²) in [6.07, 6.45) is -2.45. The zero-order valence-electron chi connectivity index (χ0n) is 11.2. The Kier molecular flexibility index (Phi) is 3.58. The minimum atomic E-state index is -4.28. The fourth-order valence-electron chi connectivity index (χ4n) is 1.98. The smallest absolute Gasteiger partial charge is 0.346 e. The van der Waals surface area contributed by atoms with Crippen molar-refractivity contribution in [2.45, 2.75) is 25.7 Å². The summed E-state index contributed by atoms with van der Waals surface area (Å²) in [4.78, 5) is 2.08. The number of nitrogens with zero attached hydrogens (tertiary/aromatic N) is 2. The zero-order valence-corrected chi connectivity index (χ0v) is 11.2. The van der Waals surface area contributed by atoms with Crippen LogP contribution in [0.4, 0.5) is 13.2 Å². The van der Waals surface area contributed by atoms with Crippen molar-refractivity contribution in [3.05, 3.63) is 36.0 Å². The molecule has 1 atom stereocenters. The van der Waals surface area contributed by atoms with E-state index in [-0.39, 0.29) is 0 Å². The van der Waals surface area contributed by atoms with Crippen LogP contribution in [0.25, 0.3) is 10.9 Å². The van der Waals surface area contributed by atoms with E-state index in [1.54, 1.807) is 12.1 Å². The molecule has 1 aromatic heterocycles. The molecule has 0 radical (unpaired) electrons. The van der Waals surface area contributed by atoms with Gasteiger partial charge in [0.2, 0.25) is 0 Å². The van der Waals surface area contributed by atoms with Gasteiger partial charge in [0.15, 0.2) is 0 Å². The van der Waals surface area contributed by atoms with Crippen LogP contribution < -0.4 is 0 Å². The van der Waals surface area contributed by atoms with Gasteiger partial charge in [0, 0.05) is 29.7 Å². The second kappa shape index (κ2) is 4.89. The number of halogens is 3. The van der Waals surface area contributed by atoms with E-state index in [0.29, 0.717) is 11.4 Å². The van der Waals surface area contributed by atoms with Gasteiger partial charge >= 0.3 is 6.18 Å². The predicted molar refractivity (Wildman–Crippen MR) is 70.1 cm³/mol. The normalized spacial score (nSPS) is 14.3. The van der Waals surface area contributed by atoms with Crippen molar-refractivity contribution < 1.29 is 13.2 Å². The van der Waals surface area contributed by atoms with Crippen molar-refractivity contribution in [1.29, 1.82) is 0 Å². The highest BCUT2D eigenvalue weighted by Crippen LogP contribution is 2.31. The molecule has 0 saturated heterocycles. The molecule has 0 saturated carbocycles. The lowest BCUT2D eigenvalue weighted by atomic mass is 10.1. The second-order valence-corrected chi connectivity index (χ2v) is 5.05. The number of aromatic nitrogens is 1. The van der Waals surface area contributed by atoms with E-state index in [9.17, 15) is 13.2 Å². The van der Waals surface area contributed by atoms with Crippen molar-refractivity contribution in [2.24, 2.45) is 0 Å². The predicted octanol–water partition coefficient (Wildman–Crippen LogP) is 3.61. The standard InChI is InChI=1S/C14H17F3N2/c1-10(18(2)3)9-19-7-6-11-8-12(14(15,16)17)4-5-13(11)19/h4-8,10H,9H2,1-3H3/t10-/m0/s1. The van der Waals surface area contributed by atoms with Crippen LogP contribution in [0.1, 0.15) is 12.5 Å². The van der Waals surface area contributed by atoms with E-state index in [1.807, 2.05) is 24.9 Å². The van der Waals surface area contributed by atoms with E-state index in [4.69, 9.17) is 0 Å². The van der Waals surface area contributed by atoms with Crippen molar-refractivity contribution >= 4 is 10.9 Å². The summed E-state index contributed by atoms with van der Waals surface area (Å²) in [5.41, 5.74) is 0.236. The third-order valence-electron chi connectivity index (χ3n) is 3.44. The van der Waals surface area contributed by atoms with Crippen molar-refractivity contribution in [3.63, 3.8) is 0 Å². The topological polar surface area (TPSA) is 8.17 Å². The largest absolute Gasteiger partial charge is 0.416 e. The molecular weight excluding hydrogens is 253 g/mol. The van der Waals surface area contributed by atoms with Crippen LogP contribution >= 0.6 is 0 Å². The summed E-state index contributed by atoms with van der Waals surface area (Å²) < 4.78 is 39.9. The summed E-state index contributed by atoms with van der Waals surface area (Å²) in [5, 5.41) is 0.626. The number of hydrogen-bond donors (Lipinski definition) is 0. The number of rotatable bonds is 3. The summed E-state index contributed by atoms with van der Waals surface area (Å²) in [7, 11) is 3.97. The van der Waals surface area contributed by atoms with Crippen LogP contribution in [0.15, 0.2) is 30.5 Å². The van der Waals surface area contributed by atoms with E-state index >= 15 is 0 Å². The molecule has 0 N–H and O–H groups in total. The van der Waals surface area contributed by atoms with Crippen LogP contribution in [0, 0.1) is 0 Å². The van der Waals surface area contributed by atoms with E-state index in [2.05, 4.69) is 11.8 Å². The molecule has 0 aliphatic carbocycles. The Hall–Kier alpha value is -1.49. The Labute approximate surface area is 110 Å². The molecule has 2 rings (SSSR count). The monoisotopic (exact) mass is 270 g/mol. The maximum absolute atomic E-state index is 12.6. The molecule has 2 aromatic rings. The van der Waals surface area contributed by atoms with Crippen LogP contribution in [0.5, 0.6) is 0 Å². The molecule has 0 unspecified atom stereocenters. The van der Waals surface area contributed by atoms with Gasteiger partial charge < -0.3 is 9.47 Å². The van der Waals surface area contributed by atoms with E-state index in [1.165, 1.54) is 6.07 Å². The second-order valence-electron chi connectivity index (χ2n) is 5.05. The maximum Gasteiger partial charge on any atom is 0.416 e. The third kappa shape index (κ3) is 2.92. The molecule has 5 heteroatoms. The molecule has 19 heavy (non-hydrogen) atoms. The molecule has 1 aromatic carbocycles. The lowest BCUT2D eigenvalue weighted by Gasteiger charge is -2.20. The first-order valence-electron chi connectivity index (χ1n) is 6.11. The number of benzene rings is 1. The molecule has 1 heterocycles. The lowest BCUT2D eigenvalue weighted by Crippen LogP contribution is -2.28. The van der Waals surface area contributed by atoms with Crippen LogP contribution in [-0.4, -0.2) is 29.6 Å². The average molecular weight is 270 g/mol. The molecule has 0 aliphatic rings. The molecule has 0 spiro atoms. The molecule has 0 aliphatic heterocycles. The lowest BCUT2D eigenvalue weighted by molar-refractivity contribution is -0.137. The highest BCUT2D eigenvalue weighted by atomic mass is 19.4. The zero-order chi connectivity index (χ0) is 14.2. The molecule has 2 nitrogen and oxygen atoms in total. The van der Waals surface area contributed by atoms with Gasteiger partial charge in [-0.15, -0.1) is 0 Å². The van der Waals surface area contributed by atoms with E-state index < -0.39 is 11.7 Å². The Balaban J connectivity index is 2.35. The Morgan fingerprint density at radius 1 is 1.21 bits per heavy atom. The van der Waals surface area contributed by atoms with Gasteiger partial charge in [-0.3, -0.25) is 0 Å². The number of fused-ring (bicyclic) bond motifs is 1.